The Kier molecular flexibility index (Phi) is 5.71. The van der Waals surface area contributed by atoms with Crippen molar-refractivity contribution >= 4 is 17.3 Å². The van der Waals surface area contributed by atoms with Crippen LogP contribution in [0.5, 0.6) is 0 Å². The fourth-order valence-corrected chi connectivity index (χ4v) is 3.60. The Bertz CT molecular complexity index is 897. The summed E-state index contributed by atoms with van der Waals surface area (Å²) in [5.74, 6) is 0.419. The Morgan fingerprint density at radius 1 is 0.964 bits per heavy atom. The third-order valence-electron chi connectivity index (χ3n) is 5.06. The van der Waals surface area contributed by atoms with Crippen molar-refractivity contribution in [1.29, 1.82) is 0 Å². The number of nitrogens with zero attached hydrogens (tertiary/aromatic N) is 1. The van der Waals surface area contributed by atoms with Crippen LogP contribution in [-0.4, -0.2) is 16.9 Å². The lowest BCUT2D eigenvalue weighted by Gasteiger charge is -2.23. The molecule has 3 aromatic rings. The van der Waals surface area contributed by atoms with Crippen molar-refractivity contribution in [1.82, 2.24) is 4.98 Å². The minimum atomic E-state index is -0.110. The standard InChI is InChI=1S/C23H25N3O2/c27-22(15-21-16-28-23(26-21)17-7-3-1-4-8-17)25-20-13-11-19(12-14-20)24-18-9-5-2-6-10-18/h1,3-4,7-8,11-14,16,18,24H,2,5-6,9-10,15H2,(H,25,27). The second-order valence-electron chi connectivity index (χ2n) is 7.29. The van der Waals surface area contributed by atoms with E-state index in [2.05, 4.69) is 15.6 Å². The maximum Gasteiger partial charge on any atom is 0.230 e. The predicted octanol–water partition coefficient (Wildman–Crippen LogP) is 5.27. The highest BCUT2D eigenvalue weighted by molar-refractivity contribution is 5.92. The summed E-state index contributed by atoms with van der Waals surface area (Å²) in [4.78, 5) is 16.7. The SMILES string of the molecule is O=C(Cc1coc(-c2ccccc2)n1)Nc1ccc(NC2CCCCC2)cc1. The number of anilines is 2. The topological polar surface area (TPSA) is 67.2 Å². The number of rotatable bonds is 6. The van der Waals surface area contributed by atoms with E-state index in [-0.39, 0.29) is 12.3 Å². The Labute approximate surface area is 165 Å². The molecule has 1 aromatic heterocycles. The van der Waals surface area contributed by atoms with E-state index < -0.39 is 0 Å². The number of carbonyl (C=O) groups is 1. The quantitative estimate of drug-likeness (QED) is 0.616. The highest BCUT2D eigenvalue weighted by atomic mass is 16.3. The molecule has 0 aliphatic heterocycles. The van der Waals surface area contributed by atoms with Crippen LogP contribution in [0.3, 0.4) is 0 Å². The van der Waals surface area contributed by atoms with Crippen molar-refractivity contribution in [2.45, 2.75) is 44.6 Å². The van der Waals surface area contributed by atoms with Gasteiger partial charge in [0.15, 0.2) is 0 Å². The molecular formula is C23H25N3O2. The van der Waals surface area contributed by atoms with E-state index in [0.29, 0.717) is 17.6 Å². The highest BCUT2D eigenvalue weighted by Gasteiger charge is 2.13. The van der Waals surface area contributed by atoms with Gasteiger partial charge in [0.1, 0.15) is 6.26 Å². The largest absolute Gasteiger partial charge is 0.444 e. The van der Waals surface area contributed by atoms with Gasteiger partial charge in [-0.2, -0.15) is 0 Å². The fraction of sp³-hybridized carbons (Fsp3) is 0.304. The molecule has 0 unspecified atom stereocenters. The van der Waals surface area contributed by atoms with Crippen molar-refractivity contribution in [3.63, 3.8) is 0 Å². The molecular weight excluding hydrogens is 350 g/mol. The molecule has 5 heteroatoms. The average Bonchev–Trinajstić information content (AvgIpc) is 3.19. The van der Waals surface area contributed by atoms with E-state index in [0.717, 1.165) is 16.9 Å². The second kappa shape index (κ2) is 8.74. The monoisotopic (exact) mass is 375 g/mol. The molecule has 1 amide bonds. The van der Waals surface area contributed by atoms with Gasteiger partial charge in [0, 0.05) is 23.0 Å². The molecule has 0 atom stereocenters. The van der Waals surface area contributed by atoms with Crippen LogP contribution in [0.25, 0.3) is 11.5 Å². The normalized spacial score (nSPS) is 14.6. The Morgan fingerprint density at radius 2 is 1.68 bits per heavy atom. The van der Waals surface area contributed by atoms with Crippen molar-refractivity contribution in [3.05, 3.63) is 66.6 Å². The number of nitrogens with one attached hydrogen (secondary N) is 2. The summed E-state index contributed by atoms with van der Waals surface area (Å²) in [6.07, 6.45) is 8.15. The van der Waals surface area contributed by atoms with E-state index in [1.807, 2.05) is 54.6 Å². The molecule has 4 rings (SSSR count). The number of hydrogen-bond donors (Lipinski definition) is 2. The lowest BCUT2D eigenvalue weighted by Crippen LogP contribution is -2.22. The zero-order valence-electron chi connectivity index (χ0n) is 15.9. The van der Waals surface area contributed by atoms with Gasteiger partial charge >= 0.3 is 0 Å². The summed E-state index contributed by atoms with van der Waals surface area (Å²) in [6.45, 7) is 0. The van der Waals surface area contributed by atoms with E-state index in [1.165, 1.54) is 32.1 Å². The smallest absolute Gasteiger partial charge is 0.230 e. The van der Waals surface area contributed by atoms with Gasteiger partial charge in [0.2, 0.25) is 11.8 Å². The number of amides is 1. The summed E-state index contributed by atoms with van der Waals surface area (Å²) >= 11 is 0. The molecule has 5 nitrogen and oxygen atoms in total. The van der Waals surface area contributed by atoms with E-state index in [1.54, 1.807) is 6.26 Å². The third kappa shape index (κ3) is 4.80. The molecule has 1 fully saturated rings. The number of benzene rings is 2. The second-order valence-corrected chi connectivity index (χ2v) is 7.29. The third-order valence-corrected chi connectivity index (χ3v) is 5.06. The fourth-order valence-electron chi connectivity index (χ4n) is 3.60. The van der Waals surface area contributed by atoms with Crippen LogP contribution in [0, 0.1) is 0 Å². The Hall–Kier alpha value is -3.08. The lowest BCUT2D eigenvalue weighted by molar-refractivity contribution is -0.115. The summed E-state index contributed by atoms with van der Waals surface area (Å²) in [7, 11) is 0. The highest BCUT2D eigenvalue weighted by Crippen LogP contribution is 2.23. The number of carbonyl (C=O) groups excluding carboxylic acids is 1. The van der Waals surface area contributed by atoms with Crippen molar-refractivity contribution in [2.75, 3.05) is 10.6 Å². The molecule has 1 aliphatic rings. The summed E-state index contributed by atoms with van der Waals surface area (Å²) in [5, 5.41) is 6.51. The molecule has 1 aliphatic carbocycles. The van der Waals surface area contributed by atoms with Crippen molar-refractivity contribution < 1.29 is 9.21 Å². The van der Waals surface area contributed by atoms with Gasteiger partial charge in [0.25, 0.3) is 0 Å². The number of oxazole rings is 1. The molecule has 2 aromatic carbocycles. The average molecular weight is 375 g/mol. The van der Waals surface area contributed by atoms with Crippen molar-refractivity contribution in [2.24, 2.45) is 0 Å². The molecule has 0 radical (unpaired) electrons. The summed E-state index contributed by atoms with van der Waals surface area (Å²) < 4.78 is 5.49. The Morgan fingerprint density at radius 3 is 2.43 bits per heavy atom. The first-order valence-corrected chi connectivity index (χ1v) is 9.92. The van der Waals surface area contributed by atoms with Gasteiger partial charge in [-0.25, -0.2) is 4.98 Å². The number of hydrogen-bond acceptors (Lipinski definition) is 4. The van der Waals surface area contributed by atoms with Crippen LogP contribution in [0.1, 0.15) is 37.8 Å². The molecule has 1 heterocycles. The summed E-state index contributed by atoms with van der Waals surface area (Å²) in [5.41, 5.74) is 3.40. The van der Waals surface area contributed by atoms with E-state index in [9.17, 15) is 4.79 Å². The van der Waals surface area contributed by atoms with Gasteiger partial charge in [-0.05, 0) is 49.2 Å². The van der Waals surface area contributed by atoms with Crippen LogP contribution in [-0.2, 0) is 11.2 Å². The maximum absolute atomic E-state index is 12.3. The van der Waals surface area contributed by atoms with E-state index in [4.69, 9.17) is 4.42 Å². The van der Waals surface area contributed by atoms with Gasteiger partial charge < -0.3 is 15.1 Å². The van der Waals surface area contributed by atoms with Gasteiger partial charge in [-0.1, -0.05) is 37.5 Å². The molecule has 1 saturated carbocycles. The zero-order chi connectivity index (χ0) is 19.2. The molecule has 0 saturated heterocycles. The molecule has 144 valence electrons. The Balaban J connectivity index is 1.30. The van der Waals surface area contributed by atoms with Crippen LogP contribution in [0.4, 0.5) is 11.4 Å². The zero-order valence-corrected chi connectivity index (χ0v) is 15.9. The van der Waals surface area contributed by atoms with Crippen LogP contribution < -0.4 is 10.6 Å². The van der Waals surface area contributed by atoms with Gasteiger partial charge in [0.05, 0.1) is 12.1 Å². The lowest BCUT2D eigenvalue weighted by atomic mass is 9.95. The molecule has 0 spiro atoms. The first-order chi connectivity index (χ1) is 13.8. The maximum atomic E-state index is 12.3. The first kappa shape index (κ1) is 18.3. The molecule has 2 N–H and O–H groups in total. The molecule has 28 heavy (non-hydrogen) atoms. The van der Waals surface area contributed by atoms with Crippen LogP contribution in [0.15, 0.2) is 65.3 Å². The molecule has 0 bridgehead atoms. The van der Waals surface area contributed by atoms with Crippen LogP contribution in [0.2, 0.25) is 0 Å². The minimum Gasteiger partial charge on any atom is -0.444 e. The minimum absolute atomic E-state index is 0.110. The van der Waals surface area contributed by atoms with Gasteiger partial charge in [-0.15, -0.1) is 0 Å². The summed E-state index contributed by atoms with van der Waals surface area (Å²) in [6, 6.07) is 18.1. The van der Waals surface area contributed by atoms with Gasteiger partial charge in [-0.3, -0.25) is 4.79 Å². The number of aromatic nitrogens is 1. The van der Waals surface area contributed by atoms with E-state index >= 15 is 0 Å². The first-order valence-electron chi connectivity index (χ1n) is 9.92. The van der Waals surface area contributed by atoms with Crippen molar-refractivity contribution in [3.8, 4) is 11.5 Å². The van der Waals surface area contributed by atoms with Crippen LogP contribution >= 0.6 is 0 Å². The predicted molar refractivity (Wildman–Crippen MR) is 111 cm³/mol.